The first-order valence-corrected chi connectivity index (χ1v) is 36.5. The lowest BCUT2D eigenvalue weighted by atomic mass is 9.90. The van der Waals surface area contributed by atoms with Crippen molar-refractivity contribution in [1.82, 2.24) is 53.2 Å². The number of nitrogens with two attached hydrogens (primary N) is 13. The number of unbranched alkanes of at least 4 members (excludes halogenated alkanes) is 4. The van der Waals surface area contributed by atoms with Crippen LogP contribution in [0.15, 0.2) is 30.0 Å². The molecule has 0 aliphatic carbocycles. The Hall–Kier alpha value is -10.5. The van der Waals surface area contributed by atoms with Crippen LogP contribution in [-0.4, -0.2) is 207 Å². The predicted octanol–water partition coefficient (Wildman–Crippen LogP) is -6.41. The molecule has 0 bridgehead atoms. The Morgan fingerprint density at radius 2 is 0.654 bits per heavy atom. The average Bonchev–Trinajstić information content (AvgIpc) is 0.838. The minimum atomic E-state index is -1.54. The third kappa shape index (κ3) is 44.1. The van der Waals surface area contributed by atoms with Gasteiger partial charge in [0.2, 0.25) is 65.0 Å². The number of hydrogen-bond donors (Lipinski definition) is 23. The van der Waals surface area contributed by atoms with Crippen LogP contribution in [-0.2, 0) is 57.5 Å². The van der Waals surface area contributed by atoms with Crippen molar-refractivity contribution in [2.75, 3.05) is 45.8 Å². The number of carbonyl (C=O) groups excluding carboxylic acids is 12. The van der Waals surface area contributed by atoms with Crippen LogP contribution in [0.25, 0.3) is 0 Å². The van der Waals surface area contributed by atoms with E-state index in [9.17, 15) is 57.5 Å². The lowest BCUT2D eigenvalue weighted by Crippen LogP contribution is -2.61. The van der Waals surface area contributed by atoms with Crippen LogP contribution in [0.1, 0.15) is 184 Å². The number of primary amides is 1. The fourth-order valence-electron chi connectivity index (χ4n) is 10.6. The number of hydrogen-bond acceptors (Lipinski definition) is 18. The molecule has 0 aliphatic heterocycles. The van der Waals surface area contributed by atoms with Gasteiger partial charge in [-0.2, -0.15) is 0 Å². The predicted molar refractivity (Wildman–Crippen MR) is 410 cm³/mol. The van der Waals surface area contributed by atoms with Crippen LogP contribution >= 0.6 is 0 Å². The van der Waals surface area contributed by atoms with Gasteiger partial charge in [0.15, 0.2) is 41.5 Å². The van der Waals surface area contributed by atoms with Crippen molar-refractivity contribution >= 4 is 107 Å². The van der Waals surface area contributed by atoms with Crippen molar-refractivity contribution in [3.63, 3.8) is 0 Å². The van der Waals surface area contributed by atoms with Crippen LogP contribution in [0.2, 0.25) is 0 Å². The number of nitrogens with one attached hydrogen (secondary N) is 10. The van der Waals surface area contributed by atoms with Crippen molar-refractivity contribution in [1.29, 1.82) is 0 Å². The molecular weight excluding hydrogens is 1390 g/mol. The van der Waals surface area contributed by atoms with Crippen molar-refractivity contribution in [3.05, 3.63) is 0 Å². The quantitative estimate of drug-likeness (QED) is 0.0117. The summed E-state index contributed by atoms with van der Waals surface area (Å²) in [7, 11) is 0. The fourth-order valence-corrected chi connectivity index (χ4v) is 10.6. The number of ketones is 1. The zero-order valence-electron chi connectivity index (χ0n) is 63.7. The van der Waals surface area contributed by atoms with Crippen LogP contribution in [0.5, 0.6) is 0 Å². The second-order valence-electron chi connectivity index (χ2n) is 26.9. The standard InChI is InChI=1S/C66H127N29O12/c1-9-11-12-13-14-27-47(96)86-35-48(97)87-39(8)53(100)94-49(37(5)6)59(106)95-50(38(7)10-2)60(107)93-46(34-36(3)4)58(105)92-45(26-20-33-85-66(78)79)57(104)91-44(25-19-32-84-65(76)77)56(103)90-43(24-18-31-83-64(74)75)55(102)89-42(23-17-30-82-63(72)73)54(101)88-41(22-16-29-81-62(70)71)51(98)40(52(67)99)21-15-28-80-61(68)69/h36-46,49-50H,9-35H2,1-8H3,(H2,67,99)(H,86,96)(H,87,97)(H,88,101)(H,89,102)(H,90,103)(H,91,104)(H,92,105)(H,93,107)(H,94,100)(H,95,106)(H4,68,69,80)(H4,70,71,81)(H4,72,73,82)(H4,74,75,83)(H4,76,77,84)(H4,78,79,85)/t38-,39-,40-,41-,42-,43-,44-,45-,46-,49-,50-/m0/s1. The first-order valence-electron chi connectivity index (χ1n) is 36.5. The van der Waals surface area contributed by atoms with Crippen LogP contribution in [0.4, 0.5) is 0 Å². The van der Waals surface area contributed by atoms with E-state index in [2.05, 4.69) is 90.0 Å². The minimum absolute atomic E-state index is 0.00269. The average molecular weight is 1520 g/mol. The van der Waals surface area contributed by atoms with E-state index < -0.39 is 137 Å². The number of rotatable bonds is 57. The van der Waals surface area contributed by atoms with Gasteiger partial charge in [-0.05, 0) is 115 Å². The molecule has 0 aromatic carbocycles. The molecule has 36 N–H and O–H groups in total. The van der Waals surface area contributed by atoms with E-state index in [0.29, 0.717) is 12.8 Å². The zero-order valence-corrected chi connectivity index (χ0v) is 63.7. The number of carbonyl (C=O) groups is 12. The molecule has 0 aliphatic rings. The van der Waals surface area contributed by atoms with E-state index in [4.69, 9.17) is 74.5 Å². The fraction of sp³-hybridized carbons (Fsp3) is 0.727. The third-order valence-electron chi connectivity index (χ3n) is 16.7. The van der Waals surface area contributed by atoms with Gasteiger partial charge < -0.3 is 128 Å². The van der Waals surface area contributed by atoms with Gasteiger partial charge in [-0.3, -0.25) is 87.5 Å². The first kappa shape index (κ1) is 96.5. The second kappa shape index (κ2) is 54.1. The van der Waals surface area contributed by atoms with Crippen molar-refractivity contribution < 1.29 is 57.5 Å². The summed E-state index contributed by atoms with van der Waals surface area (Å²) in [6, 6.07) is -12.5. The molecule has 0 saturated heterocycles. The largest absolute Gasteiger partial charge is 0.370 e. The third-order valence-corrected chi connectivity index (χ3v) is 16.7. The Labute approximate surface area is 627 Å². The number of Topliss-reactive ketones (excluding diaryl/α,β-unsaturated/α-hetero) is 1. The summed E-state index contributed by atoms with van der Waals surface area (Å²) in [6.45, 7) is 13.3. The van der Waals surface area contributed by atoms with Gasteiger partial charge in [0.1, 0.15) is 48.3 Å². The summed E-state index contributed by atoms with van der Waals surface area (Å²) in [5.74, 6) is -14.1. The second-order valence-corrected chi connectivity index (χ2v) is 26.9. The lowest BCUT2D eigenvalue weighted by Gasteiger charge is -2.31. The van der Waals surface area contributed by atoms with E-state index >= 15 is 0 Å². The molecular formula is C66H127N29O12. The van der Waals surface area contributed by atoms with E-state index in [1.165, 1.54) is 6.92 Å². The van der Waals surface area contributed by atoms with Crippen molar-refractivity contribution in [3.8, 4) is 0 Å². The Balaban J connectivity index is 7.50. The highest BCUT2D eigenvalue weighted by Gasteiger charge is 2.38. The van der Waals surface area contributed by atoms with E-state index in [1.807, 2.05) is 0 Å². The molecule has 0 aromatic heterocycles. The highest BCUT2D eigenvalue weighted by molar-refractivity contribution is 6.05. The maximum atomic E-state index is 14.9. The molecule has 0 aromatic rings. The lowest BCUT2D eigenvalue weighted by molar-refractivity contribution is -0.137. The molecule has 0 saturated carbocycles. The summed E-state index contributed by atoms with van der Waals surface area (Å²) in [4.78, 5) is 192. The monoisotopic (exact) mass is 1520 g/mol. The normalized spacial score (nSPS) is 14.0. The van der Waals surface area contributed by atoms with E-state index in [1.54, 1.807) is 41.5 Å². The summed E-state index contributed by atoms with van der Waals surface area (Å²) < 4.78 is 0. The molecule has 0 heterocycles. The zero-order chi connectivity index (χ0) is 81.3. The number of guanidine groups is 6. The maximum Gasteiger partial charge on any atom is 0.243 e. The topological polar surface area (TPSA) is 738 Å². The highest BCUT2D eigenvalue weighted by atomic mass is 16.2. The van der Waals surface area contributed by atoms with Gasteiger partial charge >= 0.3 is 0 Å². The molecule has 0 unspecified atom stereocenters. The molecule has 107 heavy (non-hydrogen) atoms. The van der Waals surface area contributed by atoms with Gasteiger partial charge in [0.25, 0.3) is 0 Å². The molecule has 0 fully saturated rings. The molecule has 11 atom stereocenters. The Bertz CT molecular complexity index is 3010. The Morgan fingerprint density at radius 3 is 1.00 bits per heavy atom. The van der Waals surface area contributed by atoms with Crippen molar-refractivity contribution in [2.45, 2.75) is 238 Å². The minimum Gasteiger partial charge on any atom is -0.370 e. The molecule has 0 rings (SSSR count). The molecule has 41 heteroatoms. The number of amides is 11. The smallest absolute Gasteiger partial charge is 0.243 e. The van der Waals surface area contributed by atoms with Gasteiger partial charge in [0, 0.05) is 45.7 Å². The van der Waals surface area contributed by atoms with Gasteiger partial charge in [-0.25, -0.2) is 0 Å². The summed E-state index contributed by atoms with van der Waals surface area (Å²) in [6.07, 6.45) is 4.72. The molecule has 0 radical (unpaired) electrons. The first-order chi connectivity index (χ1) is 50.3. The molecule has 608 valence electrons. The van der Waals surface area contributed by atoms with Gasteiger partial charge in [0.05, 0.1) is 18.5 Å². The summed E-state index contributed by atoms with van der Waals surface area (Å²) in [5, 5.41) is 26.6. The highest BCUT2D eigenvalue weighted by Crippen LogP contribution is 2.18. The van der Waals surface area contributed by atoms with Crippen LogP contribution in [0, 0.1) is 23.7 Å². The number of nitrogens with zero attached hydrogens (tertiary/aromatic N) is 6. The molecule has 11 amide bonds. The SMILES string of the molecule is CCCCCCCC(=O)NCC(=O)N[C@@H](C)C(=O)N[C@H](C(=O)N[C@H](C(=O)N[C@@H](CC(C)C)C(=O)N[C@@H](CCCN=C(N)N)C(=O)N[C@@H](CCCN=C(N)N)C(=O)N[C@@H](CCCN=C(N)N)C(=O)N[C@@H](CCCN=C(N)N)C(=O)N[C@@H](CCCN=C(N)N)C(=O)[C@H](CCCN=C(N)N)C(N)=O)[C@@H](C)CC)C(C)C. The Morgan fingerprint density at radius 1 is 0.327 bits per heavy atom. The van der Waals surface area contributed by atoms with Gasteiger partial charge in [-0.1, -0.05) is 80.6 Å². The Kier molecular flexibility index (Phi) is 48.8. The molecule has 0 spiro atoms. The summed E-state index contributed by atoms with van der Waals surface area (Å²) in [5.41, 5.74) is 72.6. The van der Waals surface area contributed by atoms with Crippen molar-refractivity contribution in [2.24, 2.45) is 128 Å². The number of aliphatic imine (C=N–C) groups is 6. The van der Waals surface area contributed by atoms with E-state index in [0.717, 1.165) is 25.7 Å². The van der Waals surface area contributed by atoms with E-state index in [-0.39, 0.29) is 183 Å². The van der Waals surface area contributed by atoms with Crippen LogP contribution < -0.4 is 128 Å². The van der Waals surface area contributed by atoms with Gasteiger partial charge in [-0.15, -0.1) is 0 Å². The van der Waals surface area contributed by atoms with Crippen LogP contribution in [0.3, 0.4) is 0 Å². The summed E-state index contributed by atoms with van der Waals surface area (Å²) >= 11 is 0. The molecule has 41 nitrogen and oxygen atoms in total. The maximum absolute atomic E-state index is 14.9.